The Morgan fingerprint density at radius 2 is 2.05 bits per heavy atom. The van der Waals surface area contributed by atoms with Crippen molar-refractivity contribution < 1.29 is 9.94 Å². The summed E-state index contributed by atoms with van der Waals surface area (Å²) >= 11 is 3.38. The van der Waals surface area contributed by atoms with Crippen molar-refractivity contribution in [3.05, 3.63) is 28.2 Å². The van der Waals surface area contributed by atoms with Crippen LogP contribution in [0.25, 0.3) is 0 Å². The number of nitrogens with zero attached hydrogens (tertiary/aromatic N) is 1. The van der Waals surface area contributed by atoms with Gasteiger partial charge >= 0.3 is 0 Å². The third kappa shape index (κ3) is 5.51. The maximum Gasteiger partial charge on any atom is 0.171 e. The minimum Gasteiger partial charge on any atom is -0.494 e. The van der Waals surface area contributed by atoms with Crippen molar-refractivity contribution in [1.29, 1.82) is 0 Å². The van der Waals surface area contributed by atoms with Gasteiger partial charge in [0.2, 0.25) is 0 Å². The molecule has 106 valence electrons. The Labute approximate surface area is 122 Å². The molecule has 0 saturated heterocycles. The van der Waals surface area contributed by atoms with E-state index in [1.54, 1.807) is 6.07 Å². The lowest BCUT2D eigenvalue weighted by atomic mass is 10.2. The number of nitrogens with two attached hydrogens (primary N) is 1. The maximum atomic E-state index is 8.64. The Bertz CT molecular complexity index is 422. The quantitative estimate of drug-likeness (QED) is 0.250. The van der Waals surface area contributed by atoms with Gasteiger partial charge in [0, 0.05) is 10.0 Å². The average Bonchev–Trinajstić information content (AvgIpc) is 2.42. The highest BCUT2D eigenvalue weighted by molar-refractivity contribution is 9.10. The van der Waals surface area contributed by atoms with E-state index in [9.17, 15) is 0 Å². The van der Waals surface area contributed by atoms with Crippen LogP contribution >= 0.6 is 15.9 Å². The number of benzene rings is 1. The lowest BCUT2D eigenvalue weighted by molar-refractivity contribution is 0.304. The van der Waals surface area contributed by atoms with Crippen molar-refractivity contribution in [3.8, 4) is 5.75 Å². The topological polar surface area (TPSA) is 67.8 Å². The van der Waals surface area contributed by atoms with E-state index in [0.29, 0.717) is 5.56 Å². The molecule has 1 rings (SSSR count). The summed E-state index contributed by atoms with van der Waals surface area (Å²) in [6.07, 6.45) is 6.09. The number of halogens is 1. The van der Waals surface area contributed by atoms with Crippen LogP contribution < -0.4 is 10.5 Å². The number of hydrogen-bond acceptors (Lipinski definition) is 3. The van der Waals surface area contributed by atoms with Crippen LogP contribution in [-0.2, 0) is 0 Å². The second-order valence-corrected chi connectivity index (χ2v) is 5.24. The monoisotopic (exact) mass is 328 g/mol. The zero-order valence-corrected chi connectivity index (χ0v) is 12.8. The molecule has 0 aliphatic carbocycles. The van der Waals surface area contributed by atoms with Crippen LogP contribution in [0.2, 0.25) is 0 Å². The molecule has 0 aromatic heterocycles. The summed E-state index contributed by atoms with van der Waals surface area (Å²) < 4.78 is 6.42. The van der Waals surface area contributed by atoms with Crippen LogP contribution in [0, 0.1) is 0 Å². The highest BCUT2D eigenvalue weighted by Crippen LogP contribution is 2.23. The fourth-order valence-corrected chi connectivity index (χ4v) is 2.30. The molecule has 0 heterocycles. The summed E-state index contributed by atoms with van der Waals surface area (Å²) in [5.41, 5.74) is 6.19. The smallest absolute Gasteiger partial charge is 0.171 e. The summed E-state index contributed by atoms with van der Waals surface area (Å²) in [6.45, 7) is 2.93. The Hall–Kier alpha value is -1.23. The van der Waals surface area contributed by atoms with E-state index < -0.39 is 0 Å². The summed E-state index contributed by atoms with van der Waals surface area (Å²) in [5, 5.41) is 11.6. The molecule has 0 fully saturated rings. The third-order valence-corrected chi connectivity index (χ3v) is 3.50. The molecule has 0 saturated carbocycles. The number of unbranched alkanes of at least 4 members (excludes halogenated alkanes) is 4. The highest BCUT2D eigenvalue weighted by Gasteiger charge is 2.06. The summed E-state index contributed by atoms with van der Waals surface area (Å²) in [5.74, 6) is 0.870. The zero-order chi connectivity index (χ0) is 14.1. The average molecular weight is 329 g/mol. The van der Waals surface area contributed by atoms with Gasteiger partial charge in [-0.2, -0.15) is 0 Å². The van der Waals surface area contributed by atoms with Crippen molar-refractivity contribution in [2.45, 2.75) is 39.0 Å². The van der Waals surface area contributed by atoms with E-state index in [0.717, 1.165) is 23.2 Å². The fourth-order valence-electron chi connectivity index (χ4n) is 1.74. The molecule has 0 spiro atoms. The standard InChI is InChI=1S/C14H21BrN2O2/c1-2-3-4-5-6-9-19-11-7-8-12(13(15)10-11)14(16)17-18/h7-8,10,18H,2-6,9H2,1H3,(H2,16,17). The number of hydrogen-bond donors (Lipinski definition) is 2. The maximum absolute atomic E-state index is 8.64. The van der Waals surface area contributed by atoms with Crippen LogP contribution in [0.1, 0.15) is 44.6 Å². The van der Waals surface area contributed by atoms with Crippen molar-refractivity contribution in [1.82, 2.24) is 0 Å². The Balaban J connectivity index is 2.42. The minimum atomic E-state index is 0.0815. The van der Waals surface area contributed by atoms with Crippen molar-refractivity contribution >= 4 is 21.8 Å². The van der Waals surface area contributed by atoms with Gasteiger partial charge in [-0.15, -0.1) is 0 Å². The van der Waals surface area contributed by atoms with Gasteiger partial charge in [0.1, 0.15) is 5.75 Å². The predicted octanol–water partition coefficient (Wildman–Crippen LogP) is 3.89. The van der Waals surface area contributed by atoms with Gasteiger partial charge in [-0.3, -0.25) is 0 Å². The molecule has 19 heavy (non-hydrogen) atoms. The molecule has 4 nitrogen and oxygen atoms in total. The van der Waals surface area contributed by atoms with Gasteiger partial charge in [0.25, 0.3) is 0 Å². The summed E-state index contributed by atoms with van der Waals surface area (Å²) in [7, 11) is 0. The van der Waals surface area contributed by atoms with Gasteiger partial charge in [-0.05, 0) is 40.5 Å². The van der Waals surface area contributed by atoms with E-state index >= 15 is 0 Å². The van der Waals surface area contributed by atoms with Crippen molar-refractivity contribution in [2.75, 3.05) is 6.61 Å². The first-order valence-corrected chi connectivity index (χ1v) is 7.38. The summed E-state index contributed by atoms with van der Waals surface area (Å²) in [4.78, 5) is 0. The van der Waals surface area contributed by atoms with Gasteiger partial charge < -0.3 is 15.7 Å². The zero-order valence-electron chi connectivity index (χ0n) is 11.2. The number of rotatable bonds is 8. The molecule has 3 N–H and O–H groups in total. The molecule has 0 amide bonds. The third-order valence-electron chi connectivity index (χ3n) is 2.84. The molecule has 0 aliphatic heterocycles. The molecular weight excluding hydrogens is 308 g/mol. The first kappa shape index (κ1) is 15.8. The van der Waals surface area contributed by atoms with E-state index in [1.807, 2.05) is 12.1 Å². The molecule has 1 aromatic carbocycles. The van der Waals surface area contributed by atoms with Gasteiger partial charge in [0.05, 0.1) is 6.61 Å². The molecule has 0 unspecified atom stereocenters. The van der Waals surface area contributed by atoms with E-state index in [1.165, 1.54) is 25.7 Å². The Kier molecular flexibility index (Phi) is 7.33. The number of amidine groups is 1. The van der Waals surface area contributed by atoms with Gasteiger partial charge in [-0.25, -0.2) is 0 Å². The molecule has 1 aromatic rings. The second-order valence-electron chi connectivity index (χ2n) is 4.39. The normalized spacial score (nSPS) is 11.6. The molecular formula is C14H21BrN2O2. The van der Waals surface area contributed by atoms with Crippen LogP contribution in [0.5, 0.6) is 5.75 Å². The number of oxime groups is 1. The number of ether oxygens (including phenoxy) is 1. The lowest BCUT2D eigenvalue weighted by Gasteiger charge is -2.08. The van der Waals surface area contributed by atoms with Gasteiger partial charge in [-0.1, -0.05) is 37.8 Å². The minimum absolute atomic E-state index is 0.0815. The SMILES string of the molecule is CCCCCCCOc1ccc(/C(N)=N/O)c(Br)c1. The first-order chi connectivity index (χ1) is 9.19. The molecule has 0 bridgehead atoms. The summed E-state index contributed by atoms with van der Waals surface area (Å²) in [6, 6.07) is 5.43. The lowest BCUT2D eigenvalue weighted by Crippen LogP contribution is -2.13. The largest absolute Gasteiger partial charge is 0.494 e. The Morgan fingerprint density at radius 3 is 2.68 bits per heavy atom. The molecule has 0 atom stereocenters. The van der Waals surface area contributed by atoms with E-state index in [4.69, 9.17) is 15.7 Å². The highest BCUT2D eigenvalue weighted by atomic mass is 79.9. The van der Waals surface area contributed by atoms with E-state index in [2.05, 4.69) is 28.0 Å². The van der Waals surface area contributed by atoms with Crippen molar-refractivity contribution in [3.63, 3.8) is 0 Å². The second kappa shape index (κ2) is 8.80. The van der Waals surface area contributed by atoms with Crippen LogP contribution in [0.15, 0.2) is 27.8 Å². The van der Waals surface area contributed by atoms with E-state index in [-0.39, 0.29) is 5.84 Å². The van der Waals surface area contributed by atoms with Crippen LogP contribution in [-0.4, -0.2) is 17.6 Å². The first-order valence-electron chi connectivity index (χ1n) is 6.59. The fraction of sp³-hybridized carbons (Fsp3) is 0.500. The predicted molar refractivity (Wildman–Crippen MR) is 80.9 cm³/mol. The molecule has 0 aliphatic rings. The van der Waals surface area contributed by atoms with Crippen LogP contribution in [0.3, 0.4) is 0 Å². The molecule has 5 heteroatoms. The van der Waals surface area contributed by atoms with Crippen molar-refractivity contribution in [2.24, 2.45) is 10.9 Å². The van der Waals surface area contributed by atoms with Crippen LogP contribution in [0.4, 0.5) is 0 Å². The molecule has 0 radical (unpaired) electrons. The Morgan fingerprint density at radius 1 is 1.32 bits per heavy atom. The van der Waals surface area contributed by atoms with Gasteiger partial charge in [0.15, 0.2) is 5.84 Å².